The number of aromatic nitrogens is 7. The van der Waals surface area contributed by atoms with Crippen LogP contribution in [0.25, 0.3) is 22.1 Å². The van der Waals surface area contributed by atoms with Gasteiger partial charge in [-0.2, -0.15) is 5.10 Å². The summed E-state index contributed by atoms with van der Waals surface area (Å²) >= 11 is 0. The molecule has 2 aromatic carbocycles. The third-order valence-electron chi connectivity index (χ3n) is 8.68. The van der Waals surface area contributed by atoms with Crippen LogP contribution >= 0.6 is 0 Å². The number of primary amides is 1. The van der Waals surface area contributed by atoms with Crippen LogP contribution < -0.4 is 27.4 Å². The van der Waals surface area contributed by atoms with E-state index in [4.69, 9.17) is 20.9 Å². The van der Waals surface area contributed by atoms with Crippen LogP contribution in [0.4, 0.5) is 11.9 Å². The zero-order valence-electron chi connectivity index (χ0n) is 30.5. The van der Waals surface area contributed by atoms with Gasteiger partial charge in [-0.15, -0.1) is 0 Å². The number of oxazole rings is 1. The number of carbonyl (C=O) groups excluding carboxylic acids is 4. The third-order valence-corrected chi connectivity index (χ3v) is 8.68. The van der Waals surface area contributed by atoms with Crippen LogP contribution in [-0.4, -0.2) is 70.6 Å². The van der Waals surface area contributed by atoms with E-state index in [1.165, 1.54) is 0 Å². The Labute approximate surface area is 309 Å². The van der Waals surface area contributed by atoms with Crippen molar-refractivity contribution in [3.63, 3.8) is 0 Å². The van der Waals surface area contributed by atoms with E-state index in [0.717, 1.165) is 0 Å². The monoisotopic (exact) mass is 734 g/mol. The van der Waals surface area contributed by atoms with Gasteiger partial charge in [0.15, 0.2) is 5.89 Å². The molecule has 0 atom stereocenters. The number of imidazole rings is 2. The third kappa shape index (κ3) is 7.75. The molecule has 17 heteroatoms. The molecule has 0 saturated heterocycles. The smallest absolute Gasteiger partial charge is 0.295 e. The van der Waals surface area contributed by atoms with Crippen molar-refractivity contribution in [1.29, 1.82) is 0 Å². The molecule has 4 amide bonds. The van der Waals surface area contributed by atoms with Gasteiger partial charge in [0.1, 0.15) is 5.69 Å². The summed E-state index contributed by atoms with van der Waals surface area (Å²) in [6, 6.07) is 11.7. The Morgan fingerprint density at radius 1 is 0.815 bits per heavy atom. The Kier molecular flexibility index (Phi) is 11.0. The maximum Gasteiger partial charge on any atom is 0.295 e. The fourth-order valence-electron chi connectivity index (χ4n) is 6.06. The average molecular weight is 735 g/mol. The maximum absolute atomic E-state index is 13.5. The first-order valence-electron chi connectivity index (χ1n) is 17.6. The number of hydrogen-bond acceptors (Lipinski definition) is 10. The summed E-state index contributed by atoms with van der Waals surface area (Å²) in [7, 11) is 0. The highest BCUT2D eigenvalue weighted by atomic mass is 16.4. The summed E-state index contributed by atoms with van der Waals surface area (Å²) in [5, 5.41) is 13.0. The molecular weight excluding hydrogens is 692 g/mol. The van der Waals surface area contributed by atoms with Crippen molar-refractivity contribution < 1.29 is 23.6 Å². The Morgan fingerprint density at radius 2 is 1.43 bits per heavy atom. The number of amides is 4. The van der Waals surface area contributed by atoms with Crippen LogP contribution in [0.15, 0.2) is 59.0 Å². The van der Waals surface area contributed by atoms with E-state index < -0.39 is 11.8 Å². The van der Waals surface area contributed by atoms with Crippen molar-refractivity contribution in [2.75, 3.05) is 23.7 Å². The van der Waals surface area contributed by atoms with Gasteiger partial charge in [-0.05, 0) is 75.7 Å². The predicted molar refractivity (Wildman–Crippen MR) is 202 cm³/mol. The highest BCUT2D eigenvalue weighted by Gasteiger charge is 2.22. The number of fused-ring (bicyclic) bond motifs is 2. The molecule has 0 spiro atoms. The van der Waals surface area contributed by atoms with E-state index in [-0.39, 0.29) is 48.1 Å². The normalized spacial score (nSPS) is 11.5. The molecule has 0 aliphatic carbocycles. The second-order valence-electron chi connectivity index (χ2n) is 12.5. The summed E-state index contributed by atoms with van der Waals surface area (Å²) in [5.74, 6) is -0.797. The Morgan fingerprint density at radius 3 is 2.02 bits per heavy atom. The summed E-state index contributed by atoms with van der Waals surface area (Å²) in [6.45, 7) is 9.21. The largest absolute Gasteiger partial charge is 0.436 e. The first-order valence-corrected chi connectivity index (χ1v) is 17.6. The number of benzene rings is 2. The van der Waals surface area contributed by atoms with Crippen molar-refractivity contribution in [2.45, 2.75) is 60.2 Å². The molecule has 7 N–H and O–H groups in total. The zero-order chi connectivity index (χ0) is 38.5. The van der Waals surface area contributed by atoms with Gasteiger partial charge < -0.3 is 30.3 Å². The lowest BCUT2D eigenvalue weighted by Crippen LogP contribution is -2.25. The van der Waals surface area contributed by atoms with E-state index in [1.807, 2.05) is 37.5 Å². The fourth-order valence-corrected chi connectivity index (χ4v) is 6.06. The number of anilines is 2. The van der Waals surface area contributed by atoms with E-state index in [1.54, 1.807) is 58.6 Å². The molecule has 4 aromatic heterocycles. The average Bonchev–Trinajstić information content (AvgIpc) is 3.91. The van der Waals surface area contributed by atoms with Crippen LogP contribution in [0.3, 0.4) is 0 Å². The van der Waals surface area contributed by atoms with Crippen LogP contribution in [-0.2, 0) is 26.1 Å². The lowest BCUT2D eigenvalue weighted by Gasteiger charge is -2.10. The van der Waals surface area contributed by atoms with Crippen LogP contribution in [0.2, 0.25) is 0 Å². The molecule has 0 bridgehead atoms. The molecule has 17 nitrogen and oxygen atoms in total. The first kappa shape index (κ1) is 37.1. The van der Waals surface area contributed by atoms with Crippen LogP contribution in [0.5, 0.6) is 0 Å². The molecule has 0 radical (unpaired) electrons. The Hall–Kier alpha value is -6.62. The molecule has 6 rings (SSSR count). The van der Waals surface area contributed by atoms with Crippen molar-refractivity contribution >= 4 is 57.6 Å². The van der Waals surface area contributed by atoms with Gasteiger partial charge in [0, 0.05) is 44.2 Å². The molecular formula is C37H42N12O5. The summed E-state index contributed by atoms with van der Waals surface area (Å²) in [4.78, 5) is 65.2. The molecule has 0 fully saturated rings. The summed E-state index contributed by atoms with van der Waals surface area (Å²) < 4.78 is 10.8. The van der Waals surface area contributed by atoms with E-state index in [0.29, 0.717) is 83.1 Å². The van der Waals surface area contributed by atoms with Crippen molar-refractivity contribution in [3.05, 3.63) is 94.5 Å². The van der Waals surface area contributed by atoms with E-state index >= 15 is 0 Å². The second-order valence-corrected chi connectivity index (χ2v) is 12.5. The minimum absolute atomic E-state index is 0.0943. The van der Waals surface area contributed by atoms with Gasteiger partial charge in [-0.25, -0.2) is 15.0 Å². The van der Waals surface area contributed by atoms with E-state index in [2.05, 4.69) is 31.0 Å². The summed E-state index contributed by atoms with van der Waals surface area (Å²) in [6.07, 6.45) is 4.91. The minimum atomic E-state index is -0.606. The fraction of sp³-hybridized carbons (Fsp3) is 0.297. The maximum atomic E-state index is 13.5. The predicted octanol–water partition coefficient (Wildman–Crippen LogP) is 3.71. The molecule has 0 aliphatic heterocycles. The molecule has 280 valence electrons. The minimum Gasteiger partial charge on any atom is -0.436 e. The van der Waals surface area contributed by atoms with Crippen molar-refractivity contribution in [1.82, 2.24) is 39.2 Å². The highest BCUT2D eigenvalue weighted by molar-refractivity contribution is 6.04. The number of nitrogens with zero attached hydrogens (tertiary/aromatic N) is 7. The Balaban J connectivity index is 1.31. The molecule has 0 unspecified atom stereocenters. The van der Waals surface area contributed by atoms with Crippen LogP contribution in [0, 0.1) is 13.8 Å². The van der Waals surface area contributed by atoms with E-state index in [9.17, 15) is 19.2 Å². The topological polar surface area (TPSA) is 236 Å². The first-order chi connectivity index (χ1) is 26.0. The lowest BCUT2D eigenvalue weighted by atomic mass is 10.2. The molecule has 54 heavy (non-hydrogen) atoms. The Bertz CT molecular complexity index is 2410. The lowest BCUT2D eigenvalue weighted by molar-refractivity contribution is 0.0950. The molecule has 6 aromatic rings. The van der Waals surface area contributed by atoms with Crippen LogP contribution in [0.1, 0.15) is 79.3 Å². The molecule has 0 aliphatic rings. The van der Waals surface area contributed by atoms with Gasteiger partial charge >= 0.3 is 0 Å². The number of nitrogens with one attached hydrogen (secondary N) is 3. The standard InChI is InChI=1S/C37H42N12O5/c1-5-25-31(54-22(4)41-25)35(53)45-37-42-26-19-23(32(39)50)10-12-28(26)48(37)17-8-7-16-47-29-13-11-24(33(51)40-15-9-14-38)20-27(29)43-36(47)44-34(52)30-18-21(3)46-49(30)6-2/h7-8,10-13,18-20H,5-6,9,14-17,38H2,1-4H3,(H2,39,50)(H,40,51)(H,42,45,53)(H,43,44,52)/b8-7+. The van der Waals surface area contributed by atoms with Gasteiger partial charge in [-0.3, -0.25) is 34.5 Å². The van der Waals surface area contributed by atoms with Gasteiger partial charge in [0.25, 0.3) is 17.7 Å². The van der Waals surface area contributed by atoms with Crippen molar-refractivity contribution in [3.8, 4) is 0 Å². The SMILES string of the molecule is CCc1nc(C)oc1C(=O)Nc1nc2cc(C(N)=O)ccc2n1C/C=C/Cn1c(NC(=O)c2cc(C)nn2CC)nc2cc(C(=O)NCCCN)ccc21. The van der Waals surface area contributed by atoms with Gasteiger partial charge in [0.2, 0.25) is 23.6 Å². The zero-order valence-corrected chi connectivity index (χ0v) is 30.5. The molecule has 0 saturated carbocycles. The van der Waals surface area contributed by atoms with Gasteiger partial charge in [0.05, 0.1) is 33.5 Å². The second kappa shape index (κ2) is 16.0. The number of nitrogens with two attached hydrogens (primary N) is 2. The number of rotatable bonds is 15. The van der Waals surface area contributed by atoms with Gasteiger partial charge in [-0.1, -0.05) is 19.1 Å². The summed E-state index contributed by atoms with van der Waals surface area (Å²) in [5.41, 5.74) is 15.7. The number of carbonyl (C=O) groups is 4. The quantitative estimate of drug-likeness (QED) is 0.0757. The highest BCUT2D eigenvalue weighted by Crippen LogP contribution is 2.25. The number of allylic oxidation sites excluding steroid dienone is 2. The van der Waals surface area contributed by atoms with Crippen molar-refractivity contribution in [2.24, 2.45) is 11.5 Å². The number of aryl methyl sites for hydroxylation is 4. The number of hydrogen-bond donors (Lipinski definition) is 5. The molecule has 4 heterocycles.